The Morgan fingerprint density at radius 1 is 1.39 bits per heavy atom. The molecule has 18 heavy (non-hydrogen) atoms. The van der Waals surface area contributed by atoms with Crippen molar-refractivity contribution in [2.24, 2.45) is 0 Å². The molecule has 1 N–H and O–H groups in total. The van der Waals surface area contributed by atoms with E-state index in [0.29, 0.717) is 17.9 Å². The van der Waals surface area contributed by atoms with E-state index in [-0.39, 0.29) is 6.42 Å². The lowest BCUT2D eigenvalue weighted by molar-refractivity contribution is -0.136. The van der Waals surface area contributed by atoms with Crippen LogP contribution in [-0.2, 0) is 17.6 Å². The van der Waals surface area contributed by atoms with Crippen LogP contribution in [0.4, 0.5) is 0 Å². The molecule has 0 saturated carbocycles. The normalized spacial score (nSPS) is 10.2. The summed E-state index contributed by atoms with van der Waals surface area (Å²) in [6, 6.07) is 1.85. The summed E-state index contributed by atoms with van der Waals surface area (Å²) >= 11 is 3.50. The number of carbonyl (C=O) groups is 1. The summed E-state index contributed by atoms with van der Waals surface area (Å²) in [5.74, 6) is 0.457. The molecule has 0 amide bonds. The van der Waals surface area contributed by atoms with E-state index in [1.54, 1.807) is 14.2 Å². The minimum absolute atomic E-state index is 0.106. The number of methoxy groups -OCH3 is 2. The SMILES string of the molecule is CCc1c(CCC(=O)O)cc(OC)c(OC)c1Br. The third-order valence-electron chi connectivity index (χ3n) is 2.77. The zero-order valence-electron chi connectivity index (χ0n) is 10.7. The summed E-state index contributed by atoms with van der Waals surface area (Å²) in [6.07, 6.45) is 1.39. The summed E-state index contributed by atoms with van der Waals surface area (Å²) in [4.78, 5) is 10.7. The van der Waals surface area contributed by atoms with Crippen molar-refractivity contribution in [3.8, 4) is 11.5 Å². The molecule has 0 fully saturated rings. The highest BCUT2D eigenvalue weighted by molar-refractivity contribution is 9.10. The van der Waals surface area contributed by atoms with E-state index in [1.807, 2.05) is 13.0 Å². The number of halogens is 1. The van der Waals surface area contributed by atoms with Gasteiger partial charge in [0.05, 0.1) is 18.7 Å². The lowest BCUT2D eigenvalue weighted by atomic mass is 10.00. The van der Waals surface area contributed by atoms with Crippen molar-refractivity contribution in [3.05, 3.63) is 21.7 Å². The quantitative estimate of drug-likeness (QED) is 0.876. The van der Waals surface area contributed by atoms with Gasteiger partial charge in [-0.15, -0.1) is 0 Å². The third-order valence-corrected chi connectivity index (χ3v) is 3.61. The molecular weight excluding hydrogens is 300 g/mol. The Morgan fingerprint density at radius 2 is 2.06 bits per heavy atom. The molecule has 0 atom stereocenters. The van der Waals surface area contributed by atoms with Crippen LogP contribution in [0, 0.1) is 0 Å². The predicted molar refractivity (Wildman–Crippen MR) is 72.6 cm³/mol. The number of hydrogen-bond acceptors (Lipinski definition) is 3. The minimum Gasteiger partial charge on any atom is -0.493 e. The van der Waals surface area contributed by atoms with Gasteiger partial charge in [0.2, 0.25) is 0 Å². The molecule has 1 rings (SSSR count). The van der Waals surface area contributed by atoms with Crippen molar-refractivity contribution in [2.75, 3.05) is 14.2 Å². The number of carboxylic acids is 1. The van der Waals surface area contributed by atoms with Crippen LogP contribution in [-0.4, -0.2) is 25.3 Å². The molecule has 0 bridgehead atoms. The molecule has 0 aromatic heterocycles. The molecule has 4 nitrogen and oxygen atoms in total. The van der Waals surface area contributed by atoms with E-state index < -0.39 is 5.97 Å². The van der Waals surface area contributed by atoms with Crippen molar-refractivity contribution in [2.45, 2.75) is 26.2 Å². The van der Waals surface area contributed by atoms with E-state index in [1.165, 1.54) is 0 Å². The van der Waals surface area contributed by atoms with Gasteiger partial charge in [0, 0.05) is 6.42 Å². The van der Waals surface area contributed by atoms with Crippen LogP contribution in [0.1, 0.15) is 24.5 Å². The van der Waals surface area contributed by atoms with Gasteiger partial charge >= 0.3 is 5.97 Å². The van der Waals surface area contributed by atoms with Crippen LogP contribution in [0.15, 0.2) is 10.5 Å². The first-order valence-corrected chi connectivity index (χ1v) is 6.48. The first-order chi connectivity index (χ1) is 8.54. The molecule has 0 saturated heterocycles. The standard InChI is InChI=1S/C13H17BrO4/c1-4-9-8(5-6-11(15)16)7-10(17-2)13(18-3)12(9)14/h7H,4-6H2,1-3H3,(H,15,16). The lowest BCUT2D eigenvalue weighted by Crippen LogP contribution is -2.03. The van der Waals surface area contributed by atoms with Crippen LogP contribution < -0.4 is 9.47 Å². The number of rotatable bonds is 6. The zero-order chi connectivity index (χ0) is 13.7. The molecule has 100 valence electrons. The first-order valence-electron chi connectivity index (χ1n) is 5.69. The van der Waals surface area contributed by atoms with Gasteiger partial charge in [-0.05, 0) is 46.0 Å². The highest BCUT2D eigenvalue weighted by Gasteiger charge is 2.17. The highest BCUT2D eigenvalue weighted by Crippen LogP contribution is 2.40. The van der Waals surface area contributed by atoms with Crippen molar-refractivity contribution >= 4 is 21.9 Å². The second-order valence-electron chi connectivity index (χ2n) is 3.81. The van der Waals surface area contributed by atoms with Gasteiger partial charge in [0.15, 0.2) is 11.5 Å². The van der Waals surface area contributed by atoms with E-state index in [0.717, 1.165) is 22.0 Å². The lowest BCUT2D eigenvalue weighted by Gasteiger charge is -2.16. The maximum Gasteiger partial charge on any atom is 0.303 e. The molecule has 5 heteroatoms. The molecule has 0 radical (unpaired) electrons. The van der Waals surface area contributed by atoms with E-state index in [2.05, 4.69) is 15.9 Å². The zero-order valence-corrected chi connectivity index (χ0v) is 12.3. The molecule has 0 unspecified atom stereocenters. The van der Waals surface area contributed by atoms with Crippen LogP contribution >= 0.6 is 15.9 Å². The van der Waals surface area contributed by atoms with Gasteiger partial charge in [-0.2, -0.15) is 0 Å². The molecule has 0 aliphatic heterocycles. The van der Waals surface area contributed by atoms with Gasteiger partial charge in [-0.3, -0.25) is 4.79 Å². The largest absolute Gasteiger partial charge is 0.493 e. The minimum atomic E-state index is -0.803. The van der Waals surface area contributed by atoms with Crippen LogP contribution in [0.5, 0.6) is 11.5 Å². The molecule has 0 aliphatic rings. The average molecular weight is 317 g/mol. The fourth-order valence-electron chi connectivity index (χ4n) is 1.89. The molecular formula is C13H17BrO4. The third kappa shape index (κ3) is 3.16. The average Bonchev–Trinajstić information content (AvgIpc) is 2.35. The Morgan fingerprint density at radius 3 is 2.50 bits per heavy atom. The number of benzene rings is 1. The van der Waals surface area contributed by atoms with Crippen LogP contribution in [0.2, 0.25) is 0 Å². The summed E-state index contributed by atoms with van der Waals surface area (Å²) in [7, 11) is 3.15. The number of carboxylic acid groups (broad SMARTS) is 1. The molecule has 0 aliphatic carbocycles. The molecule has 1 aromatic carbocycles. The van der Waals surface area contributed by atoms with Gasteiger partial charge < -0.3 is 14.6 Å². The number of aryl methyl sites for hydroxylation is 1. The van der Waals surface area contributed by atoms with Gasteiger partial charge in [-0.1, -0.05) is 6.92 Å². The molecule has 1 aromatic rings. The smallest absolute Gasteiger partial charge is 0.303 e. The molecule has 0 heterocycles. The summed E-state index contributed by atoms with van der Waals surface area (Å²) in [6.45, 7) is 2.02. The number of ether oxygens (including phenoxy) is 2. The monoisotopic (exact) mass is 316 g/mol. The Kier molecular flexibility index (Phi) is 5.47. The summed E-state index contributed by atoms with van der Waals surface area (Å²) in [5.41, 5.74) is 2.04. The highest BCUT2D eigenvalue weighted by atomic mass is 79.9. The topological polar surface area (TPSA) is 55.8 Å². The predicted octanol–water partition coefficient (Wildman–Crippen LogP) is 3.05. The fraction of sp³-hybridized carbons (Fsp3) is 0.462. The Hall–Kier alpha value is -1.23. The van der Waals surface area contributed by atoms with E-state index >= 15 is 0 Å². The maximum absolute atomic E-state index is 10.7. The number of aliphatic carboxylic acids is 1. The van der Waals surface area contributed by atoms with Crippen LogP contribution in [0.25, 0.3) is 0 Å². The van der Waals surface area contributed by atoms with Crippen LogP contribution in [0.3, 0.4) is 0 Å². The Bertz CT molecular complexity index is 443. The Labute approximate surface area is 115 Å². The van der Waals surface area contributed by atoms with Crippen molar-refractivity contribution in [1.29, 1.82) is 0 Å². The Balaban J connectivity index is 3.23. The maximum atomic E-state index is 10.7. The first kappa shape index (κ1) is 14.8. The van der Waals surface area contributed by atoms with Gasteiger partial charge in [0.1, 0.15) is 0 Å². The molecule has 0 spiro atoms. The van der Waals surface area contributed by atoms with E-state index in [9.17, 15) is 4.79 Å². The number of hydrogen-bond donors (Lipinski definition) is 1. The fourth-order valence-corrected chi connectivity index (χ4v) is 2.78. The van der Waals surface area contributed by atoms with Crippen molar-refractivity contribution in [1.82, 2.24) is 0 Å². The summed E-state index contributed by atoms with van der Waals surface area (Å²) < 4.78 is 11.4. The van der Waals surface area contributed by atoms with Crippen molar-refractivity contribution in [3.63, 3.8) is 0 Å². The van der Waals surface area contributed by atoms with Gasteiger partial charge in [-0.25, -0.2) is 0 Å². The second-order valence-corrected chi connectivity index (χ2v) is 4.60. The van der Waals surface area contributed by atoms with Crippen molar-refractivity contribution < 1.29 is 19.4 Å². The summed E-state index contributed by atoms with van der Waals surface area (Å²) in [5, 5.41) is 8.77. The van der Waals surface area contributed by atoms with Gasteiger partial charge in [0.25, 0.3) is 0 Å². The second kappa shape index (κ2) is 6.64. The van der Waals surface area contributed by atoms with E-state index in [4.69, 9.17) is 14.6 Å².